The Balaban J connectivity index is 1.84. The minimum absolute atomic E-state index is 0.777. The molecule has 0 amide bonds. The average Bonchev–Trinajstić information content (AvgIpc) is 2.46. The maximum Gasteiger partial charge on any atom is 0.00978 e. The number of hydrogen-bond donors (Lipinski definition) is 1. The summed E-state index contributed by atoms with van der Waals surface area (Å²) in [4.78, 5) is 2.75. The highest BCUT2D eigenvalue weighted by molar-refractivity contribution is 4.87. The van der Waals surface area contributed by atoms with Gasteiger partial charge in [0.25, 0.3) is 0 Å². The summed E-state index contributed by atoms with van der Waals surface area (Å²) in [5.41, 5.74) is 0. The Morgan fingerprint density at radius 2 is 1.63 bits per heavy atom. The molecule has 2 nitrogen and oxygen atoms in total. The van der Waals surface area contributed by atoms with Gasteiger partial charge in [-0.05, 0) is 64.5 Å². The molecule has 2 aliphatic carbocycles. The van der Waals surface area contributed by atoms with E-state index in [1.807, 2.05) is 0 Å². The van der Waals surface area contributed by atoms with Crippen LogP contribution in [0.25, 0.3) is 0 Å². The van der Waals surface area contributed by atoms with E-state index in [2.05, 4.69) is 38.2 Å². The van der Waals surface area contributed by atoms with Gasteiger partial charge in [-0.15, -0.1) is 0 Å². The summed E-state index contributed by atoms with van der Waals surface area (Å²) >= 11 is 0. The Morgan fingerprint density at radius 1 is 0.947 bits per heavy atom. The van der Waals surface area contributed by atoms with Crippen LogP contribution in [-0.4, -0.2) is 37.1 Å². The molecule has 2 aliphatic rings. The third-order valence-electron chi connectivity index (χ3n) is 5.89. The Labute approximate surface area is 120 Å². The monoisotopic (exact) mass is 266 g/mol. The molecule has 1 N–H and O–H groups in total. The van der Waals surface area contributed by atoms with Gasteiger partial charge in [-0.3, -0.25) is 0 Å². The smallest absolute Gasteiger partial charge is 0.00978 e. The first-order valence-corrected chi connectivity index (χ1v) is 8.51. The molecule has 0 saturated heterocycles. The fraction of sp³-hybridized carbons (Fsp3) is 1.00. The van der Waals surface area contributed by atoms with E-state index in [-0.39, 0.29) is 0 Å². The zero-order valence-electron chi connectivity index (χ0n) is 13.5. The molecule has 0 aromatic rings. The standard InChI is InChI=1S/C17H34N2/c1-13(2)14-6-5-7-17(12-14)19(4)16-10-8-15(18-3)9-11-16/h13-18H,5-12H2,1-4H3. The van der Waals surface area contributed by atoms with Crippen LogP contribution in [0, 0.1) is 11.8 Å². The van der Waals surface area contributed by atoms with Crippen molar-refractivity contribution >= 4 is 0 Å². The van der Waals surface area contributed by atoms with Crippen LogP contribution in [0.1, 0.15) is 65.2 Å². The number of rotatable bonds is 4. The van der Waals surface area contributed by atoms with Gasteiger partial charge in [0.15, 0.2) is 0 Å². The molecule has 112 valence electrons. The largest absolute Gasteiger partial charge is 0.317 e. The minimum atomic E-state index is 0.777. The second kappa shape index (κ2) is 7.08. The first-order chi connectivity index (χ1) is 9.11. The van der Waals surface area contributed by atoms with Crippen molar-refractivity contribution in [2.75, 3.05) is 14.1 Å². The van der Waals surface area contributed by atoms with E-state index in [1.54, 1.807) is 0 Å². The van der Waals surface area contributed by atoms with E-state index < -0.39 is 0 Å². The van der Waals surface area contributed by atoms with Crippen molar-refractivity contribution in [2.24, 2.45) is 11.8 Å². The molecule has 2 atom stereocenters. The van der Waals surface area contributed by atoms with Crippen LogP contribution in [-0.2, 0) is 0 Å². The predicted octanol–water partition coefficient (Wildman–Crippen LogP) is 3.66. The average molecular weight is 266 g/mol. The fourth-order valence-electron chi connectivity index (χ4n) is 4.25. The van der Waals surface area contributed by atoms with Crippen molar-refractivity contribution in [3.63, 3.8) is 0 Å². The molecule has 2 saturated carbocycles. The summed E-state index contributed by atoms with van der Waals surface area (Å²) < 4.78 is 0. The second-order valence-corrected chi connectivity index (χ2v) is 7.28. The molecule has 2 heteroatoms. The molecule has 0 heterocycles. The third-order valence-corrected chi connectivity index (χ3v) is 5.89. The van der Waals surface area contributed by atoms with Crippen LogP contribution in [0.5, 0.6) is 0 Å². The van der Waals surface area contributed by atoms with Gasteiger partial charge in [-0.2, -0.15) is 0 Å². The molecule has 2 fully saturated rings. The molecule has 2 unspecified atom stereocenters. The molecule has 0 aromatic carbocycles. The Bertz CT molecular complexity index is 256. The number of nitrogens with one attached hydrogen (secondary N) is 1. The third kappa shape index (κ3) is 3.95. The van der Waals surface area contributed by atoms with Gasteiger partial charge in [0.2, 0.25) is 0 Å². The Kier molecular flexibility index (Phi) is 5.70. The number of nitrogens with zero attached hydrogens (tertiary/aromatic N) is 1. The SMILES string of the molecule is CNC1CCC(N(C)C2CCCC(C(C)C)C2)CC1. The maximum absolute atomic E-state index is 3.45. The molecule has 0 spiro atoms. The molecular weight excluding hydrogens is 232 g/mol. The van der Waals surface area contributed by atoms with Crippen molar-refractivity contribution in [3.8, 4) is 0 Å². The summed E-state index contributed by atoms with van der Waals surface area (Å²) in [6.07, 6.45) is 11.3. The Morgan fingerprint density at radius 3 is 2.21 bits per heavy atom. The molecule has 0 aliphatic heterocycles. The van der Waals surface area contributed by atoms with Gasteiger partial charge in [0, 0.05) is 18.1 Å². The quantitative estimate of drug-likeness (QED) is 0.835. The lowest BCUT2D eigenvalue weighted by Crippen LogP contribution is -2.46. The van der Waals surface area contributed by atoms with Crippen LogP contribution >= 0.6 is 0 Å². The molecular formula is C17H34N2. The molecule has 19 heavy (non-hydrogen) atoms. The fourth-order valence-corrected chi connectivity index (χ4v) is 4.25. The zero-order chi connectivity index (χ0) is 13.8. The molecule has 2 rings (SSSR count). The maximum atomic E-state index is 3.45. The summed E-state index contributed by atoms with van der Waals surface area (Å²) in [5, 5.41) is 3.45. The molecule has 0 bridgehead atoms. The van der Waals surface area contributed by atoms with E-state index in [4.69, 9.17) is 0 Å². The first kappa shape index (κ1) is 15.3. The van der Waals surface area contributed by atoms with Gasteiger partial charge >= 0.3 is 0 Å². The minimum Gasteiger partial charge on any atom is -0.317 e. The van der Waals surface area contributed by atoms with Crippen LogP contribution in [0.4, 0.5) is 0 Å². The molecule has 0 radical (unpaired) electrons. The van der Waals surface area contributed by atoms with Gasteiger partial charge in [-0.1, -0.05) is 26.7 Å². The van der Waals surface area contributed by atoms with E-state index in [9.17, 15) is 0 Å². The van der Waals surface area contributed by atoms with E-state index in [1.165, 1.54) is 51.4 Å². The van der Waals surface area contributed by atoms with Crippen LogP contribution in [0.3, 0.4) is 0 Å². The predicted molar refractivity (Wildman–Crippen MR) is 83.5 cm³/mol. The normalized spacial score (nSPS) is 36.9. The van der Waals surface area contributed by atoms with Crippen molar-refractivity contribution < 1.29 is 0 Å². The highest BCUT2D eigenvalue weighted by atomic mass is 15.2. The van der Waals surface area contributed by atoms with E-state index >= 15 is 0 Å². The highest BCUT2D eigenvalue weighted by Crippen LogP contribution is 2.34. The van der Waals surface area contributed by atoms with Crippen molar-refractivity contribution in [1.29, 1.82) is 0 Å². The first-order valence-electron chi connectivity index (χ1n) is 8.51. The van der Waals surface area contributed by atoms with Crippen molar-refractivity contribution in [2.45, 2.75) is 83.3 Å². The lowest BCUT2D eigenvalue weighted by molar-refractivity contribution is 0.0776. The molecule has 0 aromatic heterocycles. The summed E-state index contributed by atoms with van der Waals surface area (Å²) in [5.74, 6) is 1.84. The van der Waals surface area contributed by atoms with Gasteiger partial charge in [0.05, 0.1) is 0 Å². The number of hydrogen-bond acceptors (Lipinski definition) is 2. The second-order valence-electron chi connectivity index (χ2n) is 7.28. The van der Waals surface area contributed by atoms with Crippen molar-refractivity contribution in [1.82, 2.24) is 10.2 Å². The summed E-state index contributed by atoms with van der Waals surface area (Å²) in [6, 6.07) is 2.48. The van der Waals surface area contributed by atoms with Crippen LogP contribution < -0.4 is 5.32 Å². The topological polar surface area (TPSA) is 15.3 Å². The van der Waals surface area contributed by atoms with E-state index in [0.717, 1.165) is 30.0 Å². The van der Waals surface area contributed by atoms with Crippen LogP contribution in [0.15, 0.2) is 0 Å². The van der Waals surface area contributed by atoms with Crippen molar-refractivity contribution in [3.05, 3.63) is 0 Å². The lowest BCUT2D eigenvalue weighted by atomic mass is 9.78. The summed E-state index contributed by atoms with van der Waals surface area (Å²) in [6.45, 7) is 4.82. The highest BCUT2D eigenvalue weighted by Gasteiger charge is 2.31. The van der Waals surface area contributed by atoms with E-state index in [0.29, 0.717) is 0 Å². The Hall–Kier alpha value is -0.0800. The summed E-state index contributed by atoms with van der Waals surface area (Å²) in [7, 11) is 4.51. The van der Waals surface area contributed by atoms with Gasteiger partial charge in [0.1, 0.15) is 0 Å². The van der Waals surface area contributed by atoms with Gasteiger partial charge in [-0.25, -0.2) is 0 Å². The zero-order valence-corrected chi connectivity index (χ0v) is 13.5. The van der Waals surface area contributed by atoms with Crippen LogP contribution in [0.2, 0.25) is 0 Å². The van der Waals surface area contributed by atoms with Gasteiger partial charge < -0.3 is 10.2 Å². The lowest BCUT2D eigenvalue weighted by Gasteiger charge is -2.43.